The first kappa shape index (κ1) is 75.2. The third kappa shape index (κ3) is 17.6. The Morgan fingerprint density at radius 1 is 0.598 bits per heavy atom. The van der Waals surface area contributed by atoms with Gasteiger partial charge in [0.1, 0.15) is 115 Å². The maximum absolute atomic E-state index is 15.2. The van der Waals surface area contributed by atoms with Crippen molar-refractivity contribution in [2.45, 2.75) is 186 Å². The lowest BCUT2D eigenvalue weighted by molar-refractivity contribution is -0.353. The number of aliphatic imine (C=N–C) groups is 2. The highest BCUT2D eigenvalue weighted by molar-refractivity contribution is 5.98. The molecule has 4 fully saturated rings. The lowest BCUT2D eigenvalue weighted by Gasteiger charge is -2.46. The van der Waals surface area contributed by atoms with Gasteiger partial charge in [0.25, 0.3) is 0 Å². The lowest BCUT2D eigenvalue weighted by atomic mass is 9.92. The van der Waals surface area contributed by atoms with Crippen LogP contribution in [0.4, 0.5) is 0 Å². The molecule has 0 bridgehead atoms. The van der Waals surface area contributed by atoms with E-state index in [1.165, 1.54) is 24.3 Å². The van der Waals surface area contributed by atoms with Crippen molar-refractivity contribution in [1.29, 1.82) is 0 Å². The highest BCUT2D eigenvalue weighted by Crippen LogP contribution is 2.33. The number of amides is 6. The van der Waals surface area contributed by atoms with Gasteiger partial charge in [0.2, 0.25) is 41.7 Å². The van der Waals surface area contributed by atoms with E-state index in [-0.39, 0.29) is 36.2 Å². The van der Waals surface area contributed by atoms with Crippen molar-refractivity contribution in [3.8, 4) is 5.75 Å². The Kier molecular flexibility index (Phi) is 25.8. The summed E-state index contributed by atoms with van der Waals surface area (Å²) in [6, 6.07) is 0.737. The van der Waals surface area contributed by atoms with Gasteiger partial charge in [0, 0.05) is 18.8 Å². The number of guanidine groups is 2. The summed E-state index contributed by atoms with van der Waals surface area (Å²) in [6.07, 6.45) is -31.9. The molecule has 25 unspecified atom stereocenters. The summed E-state index contributed by atoms with van der Waals surface area (Å²) in [7, 11) is 0. The number of aliphatic hydroxyl groups is 13. The maximum atomic E-state index is 15.2. The van der Waals surface area contributed by atoms with Gasteiger partial charge in [-0.15, -0.1) is 0 Å². The van der Waals surface area contributed by atoms with Crippen LogP contribution in [0.3, 0.4) is 0 Å². The zero-order valence-corrected chi connectivity index (χ0v) is 52.7. The minimum absolute atomic E-state index is 0.0858. The Morgan fingerprint density at radius 2 is 1.21 bits per heavy atom. The van der Waals surface area contributed by atoms with E-state index in [1.807, 2.05) is 0 Å². The molecule has 24 N–H and O–H groups in total. The standard InChI is InChI=1S/C59H86N12O26/c1-22(2)13-35(77)96-49-42(81)32(20-74)94-57(47(49)86)97-48-33(21-75)95-56(46(85)44(48)83)92-26-11-9-24(10-12-26)14-27-51(88)69-37(39(78)28-15-63-58(60)67-28)54(91)70-38(40(79)30-16-64-59(61)71(30)55-45(84)43(82)41(80)31(19-73)93-55)53(90)66-29(18-72)50(87)62-17-34(76)68-36(52(89)65-27)23(3)25-7-5-4-6-8-25/h4-12,22-23,27-33,36-49,55-57,72-75,78-86H,13-21H2,1-3H3,(H2,61,64)(H,62,87)(H,65,89)(H,66,90)(H,68,76)(H,69,88)(H,70,91)(H3,60,63,67). The molecule has 6 aliphatic rings. The smallest absolute Gasteiger partial charge is 0.306 e. The number of esters is 1. The van der Waals surface area contributed by atoms with Crippen LogP contribution in [-0.2, 0) is 63.7 Å². The number of ether oxygens (including phenoxy) is 6. The van der Waals surface area contributed by atoms with Gasteiger partial charge in [0.15, 0.2) is 30.5 Å². The van der Waals surface area contributed by atoms with Crippen LogP contribution < -0.4 is 53.4 Å². The van der Waals surface area contributed by atoms with Crippen molar-refractivity contribution in [3.05, 3.63) is 65.7 Å². The van der Waals surface area contributed by atoms with Gasteiger partial charge in [-0.05, 0) is 29.2 Å². The Labute approximate surface area is 553 Å². The molecule has 0 spiro atoms. The van der Waals surface area contributed by atoms with Crippen LogP contribution in [0.15, 0.2) is 64.6 Å². The molecule has 6 amide bonds. The summed E-state index contributed by atoms with van der Waals surface area (Å²) in [5, 5.41) is 160. The van der Waals surface area contributed by atoms with Gasteiger partial charge in [0.05, 0.1) is 58.1 Å². The third-order valence-electron chi connectivity index (χ3n) is 17.3. The predicted octanol–water partition coefficient (Wildman–Crippen LogP) is -12.0. The summed E-state index contributed by atoms with van der Waals surface area (Å²) in [5.41, 5.74) is 12.8. The molecule has 4 saturated heterocycles. The molecule has 38 nitrogen and oxygen atoms in total. The summed E-state index contributed by atoms with van der Waals surface area (Å²) < 4.78 is 34.1. The minimum Gasteiger partial charge on any atom is -0.462 e. The van der Waals surface area contributed by atoms with E-state index < -0.39 is 246 Å². The molecule has 97 heavy (non-hydrogen) atoms. The molecule has 0 aliphatic carbocycles. The highest BCUT2D eigenvalue weighted by atomic mass is 16.7. The van der Waals surface area contributed by atoms with Crippen LogP contribution in [0.1, 0.15) is 44.2 Å². The molecule has 0 aromatic heterocycles. The van der Waals surface area contributed by atoms with Gasteiger partial charge in [-0.25, -0.2) is 0 Å². The molecule has 6 aliphatic heterocycles. The number of aliphatic hydroxyl groups excluding tert-OH is 13. The zero-order valence-electron chi connectivity index (χ0n) is 52.7. The van der Waals surface area contributed by atoms with Crippen molar-refractivity contribution in [1.82, 2.24) is 42.1 Å². The van der Waals surface area contributed by atoms with Gasteiger partial charge < -0.3 is 148 Å². The number of hydrogen-bond acceptors (Lipinski definition) is 32. The monoisotopic (exact) mass is 1380 g/mol. The van der Waals surface area contributed by atoms with Crippen molar-refractivity contribution in [2.24, 2.45) is 27.4 Å². The second-order valence-corrected chi connectivity index (χ2v) is 24.6. The Hall–Kier alpha value is -7.61. The predicted molar refractivity (Wildman–Crippen MR) is 326 cm³/mol. The Balaban J connectivity index is 1.09. The molecular formula is C59H86N12O26. The second kappa shape index (κ2) is 33.3. The molecule has 6 heterocycles. The van der Waals surface area contributed by atoms with Gasteiger partial charge in [-0.1, -0.05) is 63.2 Å². The van der Waals surface area contributed by atoms with E-state index in [9.17, 15) is 90.4 Å². The van der Waals surface area contributed by atoms with Gasteiger partial charge >= 0.3 is 5.97 Å². The highest BCUT2D eigenvalue weighted by Gasteiger charge is 2.55. The van der Waals surface area contributed by atoms with Crippen molar-refractivity contribution in [3.63, 3.8) is 0 Å². The van der Waals surface area contributed by atoms with E-state index in [2.05, 4.69) is 47.2 Å². The molecule has 2 aromatic rings. The summed E-state index contributed by atoms with van der Waals surface area (Å²) in [5.74, 6) is -10.0. The molecule has 25 atom stereocenters. The van der Waals surface area contributed by atoms with E-state index in [0.29, 0.717) is 5.56 Å². The number of hydrogen-bond donors (Lipinski definition) is 22. The first-order valence-corrected chi connectivity index (χ1v) is 31.2. The lowest BCUT2D eigenvalue weighted by Crippen LogP contribution is -2.70. The molecule has 0 radical (unpaired) electrons. The summed E-state index contributed by atoms with van der Waals surface area (Å²) in [4.78, 5) is 109. The molecule has 538 valence electrons. The zero-order chi connectivity index (χ0) is 70.9. The maximum Gasteiger partial charge on any atom is 0.306 e. The van der Waals surface area contributed by atoms with E-state index >= 15 is 9.59 Å². The SMILES string of the molecule is CC(C)CC(=O)OC1C(O)C(CO)OC(OC2C(CO)OC(Oc3ccc(CC4NC(=O)C(C(C)c5ccccc5)NC(=O)CNC(=O)C(CO)NC(=O)C(C(O)C5CN=C(N)N5C5OC(CO)C(O)C(O)C5O)NC(=O)C(C(O)C5CN=C(N)N5)NC4=O)cc3)C(O)C2O)C1O. The topological polar surface area (TPSA) is 602 Å². The van der Waals surface area contributed by atoms with E-state index in [4.69, 9.17) is 39.9 Å². The molecule has 0 saturated carbocycles. The Bertz CT molecular complexity index is 3100. The number of nitrogens with one attached hydrogen (secondary N) is 7. The number of carbonyl (C=O) groups is 7. The molecule has 8 rings (SSSR count). The first-order valence-electron chi connectivity index (χ1n) is 31.2. The summed E-state index contributed by atoms with van der Waals surface area (Å²) in [6.45, 7) is -0.601. The number of nitrogens with two attached hydrogens (primary N) is 2. The quantitative estimate of drug-likeness (QED) is 0.0547. The van der Waals surface area contributed by atoms with Gasteiger partial charge in [-0.3, -0.25) is 43.5 Å². The second-order valence-electron chi connectivity index (χ2n) is 24.6. The van der Waals surface area contributed by atoms with Crippen LogP contribution in [0.25, 0.3) is 0 Å². The average molecular weight is 1380 g/mol. The summed E-state index contributed by atoms with van der Waals surface area (Å²) >= 11 is 0. The number of rotatable bonds is 20. The van der Waals surface area contributed by atoms with Crippen molar-refractivity contribution < 1.29 is 128 Å². The van der Waals surface area contributed by atoms with Crippen molar-refractivity contribution >= 4 is 53.3 Å². The van der Waals surface area contributed by atoms with Crippen molar-refractivity contribution in [2.75, 3.05) is 46.1 Å². The van der Waals surface area contributed by atoms with Gasteiger partial charge in [-0.2, -0.15) is 0 Å². The number of nitrogens with zero attached hydrogens (tertiary/aromatic N) is 3. The average Bonchev–Trinajstić information content (AvgIpc) is 1.77. The van der Waals surface area contributed by atoms with Crippen LogP contribution in [-0.4, -0.2) is 317 Å². The number of carbonyl (C=O) groups excluding carboxylic acids is 7. The minimum atomic E-state index is -2.35. The fraction of sp³-hybridized carbons (Fsp3) is 0.644. The first-order chi connectivity index (χ1) is 46.1. The normalized spacial score (nSPS) is 35.9. The Morgan fingerprint density at radius 3 is 1.84 bits per heavy atom. The van der Waals surface area contributed by atoms with Crippen LogP contribution in [0, 0.1) is 5.92 Å². The molecule has 38 heteroatoms. The number of benzene rings is 2. The third-order valence-corrected chi connectivity index (χ3v) is 17.3. The van der Waals surface area contributed by atoms with Crippen LogP contribution in [0.5, 0.6) is 5.75 Å². The van der Waals surface area contributed by atoms with E-state index in [1.54, 1.807) is 51.1 Å². The van der Waals surface area contributed by atoms with Crippen LogP contribution >= 0.6 is 0 Å². The molecular weight excluding hydrogens is 1290 g/mol. The fourth-order valence-corrected chi connectivity index (χ4v) is 11.9. The molecule has 2 aromatic carbocycles. The van der Waals surface area contributed by atoms with E-state index in [0.717, 1.165) is 4.90 Å². The van der Waals surface area contributed by atoms with Crippen LogP contribution in [0.2, 0.25) is 0 Å². The fourth-order valence-electron chi connectivity index (χ4n) is 11.9. The largest absolute Gasteiger partial charge is 0.462 e.